The summed E-state index contributed by atoms with van der Waals surface area (Å²) in [7, 11) is 4.77. The number of hydrogen-bond donors (Lipinski definition) is 0. The van der Waals surface area contributed by atoms with Gasteiger partial charge in [-0.3, -0.25) is 4.90 Å². The zero-order chi connectivity index (χ0) is 16.5. The summed E-state index contributed by atoms with van der Waals surface area (Å²) in [5, 5.41) is 0. The highest BCUT2D eigenvalue weighted by atomic mass is 15.2. The van der Waals surface area contributed by atoms with Gasteiger partial charge < -0.3 is 4.90 Å². The maximum atomic E-state index is 2.80. The van der Waals surface area contributed by atoms with Gasteiger partial charge in [0.25, 0.3) is 0 Å². The van der Waals surface area contributed by atoms with E-state index < -0.39 is 0 Å². The maximum absolute atomic E-state index is 2.80. The summed E-state index contributed by atoms with van der Waals surface area (Å²) in [6, 6.07) is 2.37. The summed E-state index contributed by atoms with van der Waals surface area (Å²) in [5.41, 5.74) is 0.438. The lowest BCUT2D eigenvalue weighted by Crippen LogP contribution is -2.58. The molecule has 0 aromatic heterocycles. The van der Waals surface area contributed by atoms with Crippen molar-refractivity contribution in [1.82, 2.24) is 9.80 Å². The van der Waals surface area contributed by atoms with E-state index in [9.17, 15) is 0 Å². The average molecular weight is 309 g/mol. The van der Waals surface area contributed by atoms with Gasteiger partial charge >= 0.3 is 0 Å². The van der Waals surface area contributed by atoms with Crippen LogP contribution in [0.25, 0.3) is 0 Å². The Morgan fingerprint density at radius 1 is 0.909 bits per heavy atom. The van der Waals surface area contributed by atoms with Gasteiger partial charge in [-0.05, 0) is 76.4 Å². The lowest BCUT2D eigenvalue weighted by molar-refractivity contribution is -0.0402. The highest BCUT2D eigenvalue weighted by Gasteiger charge is 2.44. The summed E-state index contributed by atoms with van der Waals surface area (Å²) >= 11 is 0. The minimum Gasteiger partial charge on any atom is -0.303 e. The molecule has 5 atom stereocenters. The van der Waals surface area contributed by atoms with E-state index in [0.29, 0.717) is 5.41 Å². The van der Waals surface area contributed by atoms with Crippen molar-refractivity contribution in [2.75, 3.05) is 20.6 Å². The highest BCUT2D eigenvalue weighted by Crippen LogP contribution is 2.44. The van der Waals surface area contributed by atoms with E-state index in [2.05, 4.69) is 58.5 Å². The quantitative estimate of drug-likeness (QED) is 0.749. The van der Waals surface area contributed by atoms with E-state index in [0.717, 1.165) is 30.0 Å². The van der Waals surface area contributed by atoms with Crippen LogP contribution in [0.15, 0.2) is 0 Å². The molecule has 2 aliphatic heterocycles. The molecule has 0 bridgehead atoms. The van der Waals surface area contributed by atoms with E-state index in [-0.39, 0.29) is 0 Å². The smallest absolute Gasteiger partial charge is 0.0139 e. The Balaban J connectivity index is 2.16. The second-order valence-corrected chi connectivity index (χ2v) is 9.02. The molecule has 1 unspecified atom stereocenters. The predicted molar refractivity (Wildman–Crippen MR) is 97.2 cm³/mol. The SMILES string of the molecule is CC[C@@H]1[C@@H](C2CC[C@@H](C(C)(C)C)[C@H](CC)N2C)CCCN1C. The molecule has 0 amide bonds. The van der Waals surface area contributed by atoms with Crippen LogP contribution >= 0.6 is 0 Å². The Bertz CT molecular complexity index is 346. The molecular weight excluding hydrogens is 268 g/mol. The van der Waals surface area contributed by atoms with Crippen molar-refractivity contribution in [3.05, 3.63) is 0 Å². The molecule has 2 heterocycles. The van der Waals surface area contributed by atoms with Gasteiger partial charge in [-0.2, -0.15) is 0 Å². The third-order valence-corrected chi connectivity index (χ3v) is 6.84. The maximum Gasteiger partial charge on any atom is 0.0139 e. The number of hydrogen-bond acceptors (Lipinski definition) is 2. The fourth-order valence-electron chi connectivity index (χ4n) is 5.70. The third-order valence-electron chi connectivity index (χ3n) is 6.84. The molecular formula is C20H40N2. The van der Waals surface area contributed by atoms with E-state index in [1.54, 1.807) is 0 Å². The van der Waals surface area contributed by atoms with E-state index in [1.165, 1.54) is 45.1 Å². The lowest BCUT2D eigenvalue weighted by atomic mass is 9.67. The van der Waals surface area contributed by atoms with Crippen LogP contribution in [0.3, 0.4) is 0 Å². The minimum atomic E-state index is 0.438. The summed E-state index contributed by atoms with van der Waals surface area (Å²) in [6.07, 6.45) is 8.27. The van der Waals surface area contributed by atoms with Crippen LogP contribution in [-0.2, 0) is 0 Å². The van der Waals surface area contributed by atoms with Crippen LogP contribution in [0.2, 0.25) is 0 Å². The molecule has 2 rings (SSSR count). The Hall–Kier alpha value is -0.0800. The molecule has 0 spiro atoms. The fourth-order valence-corrected chi connectivity index (χ4v) is 5.70. The first-order chi connectivity index (χ1) is 10.3. The van der Waals surface area contributed by atoms with Crippen molar-refractivity contribution in [2.24, 2.45) is 17.3 Å². The monoisotopic (exact) mass is 308 g/mol. The minimum absolute atomic E-state index is 0.438. The standard InChI is InChI=1S/C20H40N2/c1-8-17-15(11-10-14-21(17)6)19-13-12-16(20(3,4)5)18(9-2)22(19)7/h15-19H,8-14H2,1-7H3/t15-,16+,17+,18-,19?/m0/s1. The molecule has 22 heavy (non-hydrogen) atoms. The van der Waals surface area contributed by atoms with E-state index in [4.69, 9.17) is 0 Å². The van der Waals surface area contributed by atoms with Gasteiger partial charge in [-0.1, -0.05) is 34.6 Å². The van der Waals surface area contributed by atoms with Crippen LogP contribution in [-0.4, -0.2) is 48.6 Å². The number of piperidine rings is 2. The lowest BCUT2D eigenvalue weighted by Gasteiger charge is -2.54. The number of likely N-dealkylation sites (tertiary alicyclic amines) is 2. The van der Waals surface area contributed by atoms with Crippen molar-refractivity contribution in [3.63, 3.8) is 0 Å². The second-order valence-electron chi connectivity index (χ2n) is 9.02. The van der Waals surface area contributed by atoms with Gasteiger partial charge in [0, 0.05) is 18.1 Å². The Kier molecular flexibility index (Phi) is 5.99. The number of rotatable bonds is 3. The molecule has 2 heteroatoms. The third kappa shape index (κ3) is 3.53. The molecule has 0 saturated carbocycles. The van der Waals surface area contributed by atoms with Crippen molar-refractivity contribution in [1.29, 1.82) is 0 Å². The molecule has 0 radical (unpaired) electrons. The van der Waals surface area contributed by atoms with E-state index >= 15 is 0 Å². The summed E-state index contributed by atoms with van der Waals surface area (Å²) in [5.74, 6) is 1.73. The summed E-state index contributed by atoms with van der Waals surface area (Å²) in [6.45, 7) is 13.4. The van der Waals surface area contributed by atoms with Crippen molar-refractivity contribution in [2.45, 2.75) is 91.3 Å². The first kappa shape index (κ1) is 18.3. The van der Waals surface area contributed by atoms with Crippen molar-refractivity contribution in [3.8, 4) is 0 Å². The zero-order valence-electron chi connectivity index (χ0n) is 16.2. The van der Waals surface area contributed by atoms with Crippen LogP contribution in [0.4, 0.5) is 0 Å². The molecule has 130 valence electrons. The molecule has 0 aromatic rings. The molecule has 2 nitrogen and oxygen atoms in total. The van der Waals surface area contributed by atoms with Crippen LogP contribution in [0, 0.1) is 17.3 Å². The topological polar surface area (TPSA) is 6.48 Å². The predicted octanol–water partition coefficient (Wildman–Crippen LogP) is 4.64. The molecule has 2 aliphatic rings. The van der Waals surface area contributed by atoms with Gasteiger partial charge in [0.2, 0.25) is 0 Å². The Labute approximate surface area is 139 Å². The average Bonchev–Trinajstić information content (AvgIpc) is 2.45. The summed E-state index contributed by atoms with van der Waals surface area (Å²) in [4.78, 5) is 5.44. The second kappa shape index (κ2) is 7.21. The largest absolute Gasteiger partial charge is 0.303 e. The Morgan fingerprint density at radius 2 is 1.55 bits per heavy atom. The first-order valence-corrected chi connectivity index (χ1v) is 9.73. The van der Waals surface area contributed by atoms with E-state index in [1.807, 2.05) is 0 Å². The summed E-state index contributed by atoms with van der Waals surface area (Å²) < 4.78 is 0. The molecule has 0 aliphatic carbocycles. The van der Waals surface area contributed by atoms with Gasteiger partial charge in [-0.15, -0.1) is 0 Å². The van der Waals surface area contributed by atoms with Crippen molar-refractivity contribution >= 4 is 0 Å². The molecule has 0 aromatic carbocycles. The van der Waals surface area contributed by atoms with Gasteiger partial charge in [-0.25, -0.2) is 0 Å². The Morgan fingerprint density at radius 3 is 2.09 bits per heavy atom. The molecule has 0 N–H and O–H groups in total. The van der Waals surface area contributed by atoms with Gasteiger partial charge in [0.1, 0.15) is 0 Å². The zero-order valence-corrected chi connectivity index (χ0v) is 16.2. The first-order valence-electron chi connectivity index (χ1n) is 9.73. The molecule has 2 fully saturated rings. The van der Waals surface area contributed by atoms with Gasteiger partial charge in [0.15, 0.2) is 0 Å². The highest BCUT2D eigenvalue weighted by molar-refractivity contribution is 4.98. The van der Waals surface area contributed by atoms with Crippen LogP contribution in [0.1, 0.15) is 73.1 Å². The number of nitrogens with zero attached hydrogens (tertiary/aromatic N) is 2. The van der Waals surface area contributed by atoms with Crippen LogP contribution < -0.4 is 0 Å². The van der Waals surface area contributed by atoms with Gasteiger partial charge in [0.05, 0.1) is 0 Å². The fraction of sp³-hybridized carbons (Fsp3) is 1.00. The normalized spacial score (nSPS) is 39.1. The van der Waals surface area contributed by atoms with Crippen LogP contribution in [0.5, 0.6) is 0 Å². The van der Waals surface area contributed by atoms with Crippen molar-refractivity contribution < 1.29 is 0 Å². The molecule has 2 saturated heterocycles.